The highest BCUT2D eigenvalue weighted by Crippen LogP contribution is 2.33. The van der Waals surface area contributed by atoms with Gasteiger partial charge in [-0.1, -0.05) is 6.07 Å². The van der Waals surface area contributed by atoms with Gasteiger partial charge in [0.05, 0.1) is 13.4 Å². The summed E-state index contributed by atoms with van der Waals surface area (Å²) < 4.78 is 50.4. The molecule has 0 radical (unpaired) electrons. The van der Waals surface area contributed by atoms with E-state index < -0.39 is 29.5 Å². The van der Waals surface area contributed by atoms with Crippen molar-refractivity contribution in [3.05, 3.63) is 48.0 Å². The van der Waals surface area contributed by atoms with Gasteiger partial charge in [-0.2, -0.15) is 13.2 Å². The number of furan rings is 1. The molecule has 0 saturated heterocycles. The molecule has 134 valence electrons. The number of ether oxygens (including phenoxy) is 1. The minimum absolute atomic E-state index is 0.245. The number of nitrogens with zero attached hydrogens (tertiary/aromatic N) is 1. The Morgan fingerprint density at radius 3 is 2.48 bits per heavy atom. The molecule has 10 heteroatoms. The summed E-state index contributed by atoms with van der Waals surface area (Å²) in [7, 11) is 0.773. The number of aryl methyl sites for hydroxylation is 1. The number of pyridine rings is 1. The molecule has 0 saturated carbocycles. The van der Waals surface area contributed by atoms with Gasteiger partial charge in [0.15, 0.2) is 5.76 Å². The molecule has 1 atom stereocenters. The van der Waals surface area contributed by atoms with E-state index in [2.05, 4.69) is 9.72 Å². The van der Waals surface area contributed by atoms with E-state index in [-0.39, 0.29) is 5.82 Å². The first-order valence-electron chi connectivity index (χ1n) is 6.92. The maximum absolute atomic E-state index is 13.8. The second-order valence-corrected chi connectivity index (χ2v) is 4.96. The lowest BCUT2D eigenvalue weighted by Gasteiger charge is -2.34. The first-order chi connectivity index (χ1) is 11.7. The predicted molar refractivity (Wildman–Crippen MR) is 79.6 cm³/mol. The second-order valence-electron chi connectivity index (χ2n) is 4.96. The molecule has 1 unspecified atom stereocenters. The molecule has 0 bridgehead atoms. The lowest BCUT2D eigenvalue weighted by Crippen LogP contribution is -2.69. The topological polar surface area (TPSA) is 93.5 Å². The van der Waals surface area contributed by atoms with Gasteiger partial charge in [0.2, 0.25) is 0 Å². The number of aromatic nitrogens is 1. The van der Waals surface area contributed by atoms with Crippen LogP contribution < -0.4 is 10.6 Å². The molecule has 1 amide bonds. The zero-order chi connectivity index (χ0) is 18.7. The summed E-state index contributed by atoms with van der Waals surface area (Å²) in [6.45, 7) is 1.49. The fourth-order valence-electron chi connectivity index (χ4n) is 1.98. The van der Waals surface area contributed by atoms with Crippen LogP contribution in [-0.4, -0.2) is 35.8 Å². The highest BCUT2D eigenvalue weighted by Gasteiger charge is 2.64. The molecule has 25 heavy (non-hydrogen) atoms. The number of methoxy groups -OCH3 is 1. The van der Waals surface area contributed by atoms with Crippen LogP contribution in [0.25, 0.3) is 0 Å². The van der Waals surface area contributed by atoms with Crippen LogP contribution in [0.4, 0.5) is 19.0 Å². The number of rotatable bonds is 5. The van der Waals surface area contributed by atoms with Crippen LogP contribution in [0.3, 0.4) is 0 Å². The van der Waals surface area contributed by atoms with Crippen molar-refractivity contribution < 1.29 is 31.9 Å². The molecule has 0 aromatic carbocycles. The van der Waals surface area contributed by atoms with Gasteiger partial charge in [0.25, 0.3) is 5.91 Å². The van der Waals surface area contributed by atoms with Crippen LogP contribution in [-0.2, 0) is 9.53 Å². The van der Waals surface area contributed by atoms with Gasteiger partial charge in [0, 0.05) is 6.20 Å². The van der Waals surface area contributed by atoms with Crippen LogP contribution in [0.5, 0.6) is 0 Å². The van der Waals surface area contributed by atoms with E-state index in [1.165, 1.54) is 31.3 Å². The van der Waals surface area contributed by atoms with Crippen LogP contribution >= 0.6 is 0 Å². The molecule has 0 spiro atoms. The van der Waals surface area contributed by atoms with Gasteiger partial charge in [-0.3, -0.25) is 4.79 Å². The molecule has 0 fully saturated rings. The van der Waals surface area contributed by atoms with Gasteiger partial charge >= 0.3 is 17.8 Å². The molecular formula is C15H14F3N3O4. The molecule has 0 aliphatic heterocycles. The Balaban J connectivity index is 2.50. The molecule has 0 aliphatic carbocycles. The second kappa shape index (κ2) is 6.83. The van der Waals surface area contributed by atoms with Crippen LogP contribution in [0.1, 0.15) is 16.1 Å². The van der Waals surface area contributed by atoms with Crippen molar-refractivity contribution in [1.29, 1.82) is 0 Å². The van der Waals surface area contributed by atoms with Gasteiger partial charge in [-0.15, -0.1) is 0 Å². The van der Waals surface area contributed by atoms with E-state index in [9.17, 15) is 22.8 Å². The minimum atomic E-state index is -5.24. The number of halogens is 3. The number of hydrogen-bond acceptors (Lipinski definition) is 6. The molecule has 2 aromatic rings. The lowest BCUT2D eigenvalue weighted by molar-refractivity contribution is -0.203. The number of carbonyl (C=O) groups is 2. The third-order valence-electron chi connectivity index (χ3n) is 3.28. The van der Waals surface area contributed by atoms with E-state index in [0.717, 1.165) is 19.4 Å². The Hall–Kier alpha value is -3.04. The quantitative estimate of drug-likeness (QED) is 0.630. The standard InChI is InChI=1S/C15H14F3N3O4/c1-9-5-3-7-19-11(9)20-14(13(23)24-2,15(16,17)18)21-12(22)10-6-4-8-25-10/h3-8H,1-2H3,(H,19,20)(H,21,22). The number of amides is 1. The monoisotopic (exact) mass is 357 g/mol. The highest BCUT2D eigenvalue weighted by atomic mass is 19.4. The maximum atomic E-state index is 13.8. The Morgan fingerprint density at radius 2 is 1.96 bits per heavy atom. The third kappa shape index (κ3) is 3.57. The van der Waals surface area contributed by atoms with E-state index >= 15 is 0 Å². The molecule has 7 nitrogen and oxygen atoms in total. The van der Waals surface area contributed by atoms with Gasteiger partial charge in [-0.25, -0.2) is 9.78 Å². The fraction of sp³-hybridized carbons (Fsp3) is 0.267. The van der Waals surface area contributed by atoms with Crippen LogP contribution in [0.15, 0.2) is 41.1 Å². The maximum Gasteiger partial charge on any atom is 0.441 e. The number of esters is 1. The summed E-state index contributed by atoms with van der Waals surface area (Å²) >= 11 is 0. The molecule has 2 rings (SSSR count). The largest absolute Gasteiger partial charge is 0.466 e. The van der Waals surface area contributed by atoms with Crippen molar-refractivity contribution in [2.75, 3.05) is 12.4 Å². The van der Waals surface area contributed by atoms with Gasteiger partial charge in [0.1, 0.15) is 5.82 Å². The first kappa shape index (κ1) is 18.3. The first-order valence-corrected chi connectivity index (χ1v) is 6.92. The van der Waals surface area contributed by atoms with Crippen molar-refractivity contribution in [2.45, 2.75) is 18.8 Å². The number of nitrogens with one attached hydrogen (secondary N) is 2. The summed E-state index contributed by atoms with van der Waals surface area (Å²) in [6, 6.07) is 5.47. The normalized spacial score (nSPS) is 13.6. The minimum Gasteiger partial charge on any atom is -0.466 e. The van der Waals surface area contributed by atoms with Crippen molar-refractivity contribution in [3.63, 3.8) is 0 Å². The summed E-state index contributed by atoms with van der Waals surface area (Å²) in [5, 5.41) is 3.58. The zero-order valence-corrected chi connectivity index (χ0v) is 13.2. The molecule has 2 N–H and O–H groups in total. The Bertz CT molecular complexity index is 762. The molecule has 0 aliphatic rings. The summed E-state index contributed by atoms with van der Waals surface area (Å²) in [6.07, 6.45) is -2.90. The van der Waals surface area contributed by atoms with E-state index in [1.54, 1.807) is 5.32 Å². The SMILES string of the molecule is COC(=O)C(NC(=O)c1ccco1)(Nc1ncccc1C)C(F)(F)F. The summed E-state index contributed by atoms with van der Waals surface area (Å²) in [4.78, 5) is 27.9. The van der Waals surface area contributed by atoms with Crippen molar-refractivity contribution in [2.24, 2.45) is 0 Å². The van der Waals surface area contributed by atoms with Crippen molar-refractivity contribution in [3.8, 4) is 0 Å². The van der Waals surface area contributed by atoms with Crippen LogP contribution in [0.2, 0.25) is 0 Å². The van der Waals surface area contributed by atoms with E-state index in [1.807, 2.05) is 5.32 Å². The number of carbonyl (C=O) groups excluding carboxylic acids is 2. The van der Waals surface area contributed by atoms with Crippen molar-refractivity contribution in [1.82, 2.24) is 10.3 Å². The van der Waals surface area contributed by atoms with E-state index in [4.69, 9.17) is 4.42 Å². The highest BCUT2D eigenvalue weighted by molar-refractivity contribution is 5.97. The Morgan fingerprint density at radius 1 is 1.24 bits per heavy atom. The average Bonchev–Trinajstić information content (AvgIpc) is 3.08. The summed E-state index contributed by atoms with van der Waals surface area (Å²) in [5.41, 5.74) is -3.22. The number of hydrogen-bond donors (Lipinski definition) is 2. The Kier molecular flexibility index (Phi) is 5.00. The average molecular weight is 357 g/mol. The van der Waals surface area contributed by atoms with Gasteiger partial charge in [-0.05, 0) is 30.7 Å². The molecule has 2 aromatic heterocycles. The lowest BCUT2D eigenvalue weighted by atomic mass is 10.1. The smallest absolute Gasteiger partial charge is 0.441 e. The Labute approximate surface area is 140 Å². The predicted octanol–water partition coefficient (Wildman–Crippen LogP) is 2.26. The molecular weight excluding hydrogens is 343 g/mol. The fourth-order valence-corrected chi connectivity index (χ4v) is 1.98. The number of alkyl halides is 3. The molecule has 2 heterocycles. The van der Waals surface area contributed by atoms with Gasteiger partial charge < -0.3 is 19.8 Å². The zero-order valence-electron chi connectivity index (χ0n) is 13.2. The summed E-state index contributed by atoms with van der Waals surface area (Å²) in [5.74, 6) is -3.67. The third-order valence-corrected chi connectivity index (χ3v) is 3.28. The van der Waals surface area contributed by atoms with Crippen LogP contribution in [0, 0.1) is 6.92 Å². The van der Waals surface area contributed by atoms with Crippen molar-refractivity contribution >= 4 is 17.7 Å². The number of anilines is 1. The van der Waals surface area contributed by atoms with E-state index in [0.29, 0.717) is 5.56 Å².